The highest BCUT2D eigenvalue weighted by molar-refractivity contribution is 5.78. The smallest absolute Gasteiger partial charge is 0.236 e. The Morgan fingerprint density at radius 2 is 1.71 bits per heavy atom. The van der Waals surface area contributed by atoms with E-state index in [9.17, 15) is 4.79 Å². The number of carbonyl (C=O) groups excluding carboxylic acids is 1. The summed E-state index contributed by atoms with van der Waals surface area (Å²) < 4.78 is 0. The van der Waals surface area contributed by atoms with Gasteiger partial charge in [0.05, 0.1) is 6.54 Å². The van der Waals surface area contributed by atoms with Gasteiger partial charge in [0.25, 0.3) is 0 Å². The van der Waals surface area contributed by atoms with Crippen molar-refractivity contribution in [1.29, 1.82) is 0 Å². The van der Waals surface area contributed by atoms with Gasteiger partial charge in [0.1, 0.15) is 0 Å². The topological polar surface area (TPSA) is 32.3 Å². The van der Waals surface area contributed by atoms with E-state index >= 15 is 0 Å². The van der Waals surface area contributed by atoms with Crippen LogP contribution in [0, 0.1) is 5.92 Å². The Balaban J connectivity index is 3.83. The fourth-order valence-electron chi connectivity index (χ4n) is 1.17. The molecule has 1 atom stereocenters. The molecule has 0 aromatic heterocycles. The third-order valence-corrected chi connectivity index (χ3v) is 2.69. The van der Waals surface area contributed by atoms with Gasteiger partial charge in [-0.05, 0) is 26.7 Å². The Labute approximate surface area is 87.9 Å². The number of carbonyl (C=O) groups is 1. The first-order valence-electron chi connectivity index (χ1n) is 5.54. The second-order valence-corrected chi connectivity index (χ2v) is 3.98. The quantitative estimate of drug-likeness (QED) is 0.704. The predicted octanol–water partition coefficient (Wildman–Crippen LogP) is 1.49. The van der Waals surface area contributed by atoms with Gasteiger partial charge in [0, 0.05) is 19.1 Å². The molecule has 0 saturated heterocycles. The van der Waals surface area contributed by atoms with Crippen LogP contribution in [-0.2, 0) is 4.79 Å². The highest BCUT2D eigenvalue weighted by Gasteiger charge is 2.12. The summed E-state index contributed by atoms with van der Waals surface area (Å²) in [7, 11) is 0. The summed E-state index contributed by atoms with van der Waals surface area (Å²) in [5, 5.41) is 3.24. The van der Waals surface area contributed by atoms with E-state index in [1.165, 1.54) is 0 Å². The second kappa shape index (κ2) is 6.82. The summed E-state index contributed by atoms with van der Waals surface area (Å²) in [6.07, 6.45) is 0. The number of hydrogen-bond acceptors (Lipinski definition) is 2. The number of likely N-dealkylation sites (N-methyl/N-ethyl adjacent to an activating group) is 1. The molecule has 3 nitrogen and oxygen atoms in total. The molecule has 14 heavy (non-hydrogen) atoms. The lowest BCUT2D eigenvalue weighted by molar-refractivity contribution is -0.130. The van der Waals surface area contributed by atoms with Crippen molar-refractivity contribution in [1.82, 2.24) is 10.2 Å². The molecule has 0 heterocycles. The van der Waals surface area contributed by atoms with Gasteiger partial charge in [-0.25, -0.2) is 0 Å². The Morgan fingerprint density at radius 3 is 2.07 bits per heavy atom. The zero-order valence-electron chi connectivity index (χ0n) is 10.1. The Hall–Kier alpha value is -0.570. The monoisotopic (exact) mass is 200 g/mol. The molecular formula is C11H24N2O. The molecule has 1 N–H and O–H groups in total. The van der Waals surface area contributed by atoms with Gasteiger partial charge in [-0.15, -0.1) is 0 Å². The number of hydrogen-bond donors (Lipinski definition) is 1. The third-order valence-electron chi connectivity index (χ3n) is 2.69. The SMILES string of the molecule is CCN(CC)C(=O)CNC(C)C(C)C. The van der Waals surface area contributed by atoms with Crippen molar-refractivity contribution in [3.63, 3.8) is 0 Å². The number of amides is 1. The van der Waals surface area contributed by atoms with E-state index < -0.39 is 0 Å². The average Bonchev–Trinajstić information content (AvgIpc) is 2.15. The largest absolute Gasteiger partial charge is 0.342 e. The van der Waals surface area contributed by atoms with Crippen molar-refractivity contribution in [2.75, 3.05) is 19.6 Å². The lowest BCUT2D eigenvalue weighted by Crippen LogP contribution is -2.42. The highest BCUT2D eigenvalue weighted by atomic mass is 16.2. The maximum Gasteiger partial charge on any atom is 0.236 e. The normalized spacial score (nSPS) is 13.0. The van der Waals surface area contributed by atoms with Crippen LogP contribution in [0.5, 0.6) is 0 Å². The molecule has 0 fully saturated rings. The standard InChI is InChI=1S/C11H24N2O/c1-6-13(7-2)11(14)8-12-10(5)9(3)4/h9-10,12H,6-8H2,1-5H3. The first-order chi connectivity index (χ1) is 6.52. The second-order valence-electron chi connectivity index (χ2n) is 3.98. The molecule has 0 bridgehead atoms. The summed E-state index contributed by atoms with van der Waals surface area (Å²) in [5.41, 5.74) is 0. The molecule has 0 aliphatic heterocycles. The molecule has 0 aliphatic rings. The molecular weight excluding hydrogens is 176 g/mol. The molecule has 0 radical (unpaired) electrons. The van der Waals surface area contributed by atoms with Crippen molar-refractivity contribution >= 4 is 5.91 Å². The van der Waals surface area contributed by atoms with Crippen molar-refractivity contribution in [3.8, 4) is 0 Å². The Morgan fingerprint density at radius 1 is 1.21 bits per heavy atom. The van der Waals surface area contributed by atoms with Crippen LogP contribution in [0.4, 0.5) is 0 Å². The summed E-state index contributed by atoms with van der Waals surface area (Å²) in [5.74, 6) is 0.766. The molecule has 0 aliphatic carbocycles. The van der Waals surface area contributed by atoms with Crippen molar-refractivity contribution in [3.05, 3.63) is 0 Å². The fraction of sp³-hybridized carbons (Fsp3) is 0.909. The third kappa shape index (κ3) is 4.61. The minimum absolute atomic E-state index is 0.197. The van der Waals surface area contributed by atoms with E-state index in [-0.39, 0.29) is 5.91 Å². The lowest BCUT2D eigenvalue weighted by atomic mass is 10.1. The Bertz CT molecular complexity index is 165. The molecule has 0 rings (SSSR count). The van der Waals surface area contributed by atoms with Crippen LogP contribution >= 0.6 is 0 Å². The van der Waals surface area contributed by atoms with Gasteiger partial charge in [0.2, 0.25) is 5.91 Å². The summed E-state index contributed by atoms with van der Waals surface area (Å²) >= 11 is 0. The molecule has 1 amide bonds. The zero-order valence-corrected chi connectivity index (χ0v) is 10.1. The lowest BCUT2D eigenvalue weighted by Gasteiger charge is -2.22. The predicted molar refractivity (Wildman–Crippen MR) is 60.2 cm³/mol. The van der Waals surface area contributed by atoms with Crippen LogP contribution in [0.1, 0.15) is 34.6 Å². The molecule has 0 aromatic rings. The van der Waals surface area contributed by atoms with E-state index in [1.807, 2.05) is 18.7 Å². The molecule has 0 saturated carbocycles. The van der Waals surface area contributed by atoms with Crippen LogP contribution in [0.2, 0.25) is 0 Å². The summed E-state index contributed by atoms with van der Waals surface area (Å²) in [6, 6.07) is 0.398. The van der Waals surface area contributed by atoms with E-state index in [0.29, 0.717) is 18.5 Å². The zero-order chi connectivity index (χ0) is 11.1. The van der Waals surface area contributed by atoms with Crippen LogP contribution in [0.3, 0.4) is 0 Å². The van der Waals surface area contributed by atoms with Gasteiger partial charge < -0.3 is 10.2 Å². The summed E-state index contributed by atoms with van der Waals surface area (Å²) in [6.45, 7) is 12.5. The van der Waals surface area contributed by atoms with Gasteiger partial charge in [-0.1, -0.05) is 13.8 Å². The van der Waals surface area contributed by atoms with Crippen molar-refractivity contribution < 1.29 is 4.79 Å². The highest BCUT2D eigenvalue weighted by Crippen LogP contribution is 1.99. The van der Waals surface area contributed by atoms with Gasteiger partial charge >= 0.3 is 0 Å². The van der Waals surface area contributed by atoms with Crippen LogP contribution in [0.15, 0.2) is 0 Å². The van der Waals surface area contributed by atoms with Crippen molar-refractivity contribution in [2.45, 2.75) is 40.7 Å². The maximum atomic E-state index is 11.6. The first-order valence-corrected chi connectivity index (χ1v) is 5.54. The number of nitrogens with one attached hydrogen (secondary N) is 1. The minimum atomic E-state index is 0.197. The summed E-state index contributed by atoms with van der Waals surface area (Å²) in [4.78, 5) is 13.4. The van der Waals surface area contributed by atoms with E-state index in [2.05, 4.69) is 26.1 Å². The number of rotatable bonds is 6. The van der Waals surface area contributed by atoms with E-state index in [0.717, 1.165) is 13.1 Å². The minimum Gasteiger partial charge on any atom is -0.342 e. The molecule has 3 heteroatoms. The van der Waals surface area contributed by atoms with Crippen molar-refractivity contribution in [2.24, 2.45) is 5.92 Å². The fourth-order valence-corrected chi connectivity index (χ4v) is 1.17. The first kappa shape index (κ1) is 13.4. The molecule has 1 unspecified atom stereocenters. The maximum absolute atomic E-state index is 11.6. The van der Waals surface area contributed by atoms with Gasteiger partial charge in [-0.3, -0.25) is 4.79 Å². The van der Waals surface area contributed by atoms with Gasteiger partial charge in [-0.2, -0.15) is 0 Å². The van der Waals surface area contributed by atoms with Crippen LogP contribution in [-0.4, -0.2) is 36.5 Å². The van der Waals surface area contributed by atoms with Crippen LogP contribution in [0.25, 0.3) is 0 Å². The van der Waals surface area contributed by atoms with E-state index in [1.54, 1.807) is 0 Å². The molecule has 84 valence electrons. The molecule has 0 aromatic carbocycles. The molecule has 0 spiro atoms. The Kier molecular flexibility index (Phi) is 6.54. The van der Waals surface area contributed by atoms with E-state index in [4.69, 9.17) is 0 Å². The number of nitrogens with zero attached hydrogens (tertiary/aromatic N) is 1. The van der Waals surface area contributed by atoms with Crippen LogP contribution < -0.4 is 5.32 Å². The average molecular weight is 200 g/mol. The van der Waals surface area contributed by atoms with Gasteiger partial charge in [0.15, 0.2) is 0 Å².